The maximum absolute atomic E-state index is 12.6. The average molecular weight is 521 g/mol. The van der Waals surface area contributed by atoms with Gasteiger partial charge in [0.1, 0.15) is 11.6 Å². The first-order chi connectivity index (χ1) is 18.2. The molecule has 204 valence electrons. The number of benzene rings is 1. The van der Waals surface area contributed by atoms with E-state index in [0.29, 0.717) is 29.0 Å². The number of hydrogen-bond donors (Lipinski definition) is 4. The smallest absolute Gasteiger partial charge is 0.251 e. The van der Waals surface area contributed by atoms with Gasteiger partial charge in [-0.05, 0) is 61.1 Å². The molecule has 3 aromatic rings. The number of ether oxygens (including phenoxy) is 1. The molecule has 1 saturated heterocycles. The Kier molecular flexibility index (Phi) is 7.59. The summed E-state index contributed by atoms with van der Waals surface area (Å²) in [5, 5.41) is 24.9. The zero-order valence-corrected chi connectivity index (χ0v) is 22.9. The number of aliphatic hydroxyl groups excluding tert-OH is 1. The molecule has 1 aliphatic heterocycles. The minimum absolute atomic E-state index is 0.00308. The summed E-state index contributed by atoms with van der Waals surface area (Å²) in [6.07, 6.45) is 6.02. The monoisotopic (exact) mass is 520 g/mol. The summed E-state index contributed by atoms with van der Waals surface area (Å²) in [6, 6.07) is 8.00. The number of aromatic nitrogens is 3. The molecule has 9 nitrogen and oxygen atoms in total. The molecule has 1 unspecified atom stereocenters. The lowest BCUT2D eigenvalue weighted by Crippen LogP contribution is -2.37. The van der Waals surface area contributed by atoms with Crippen LogP contribution in [-0.4, -0.2) is 64.1 Å². The van der Waals surface area contributed by atoms with Crippen LogP contribution in [0.15, 0.2) is 30.5 Å². The lowest BCUT2D eigenvalue weighted by atomic mass is 9.87. The fourth-order valence-corrected chi connectivity index (χ4v) is 4.86. The van der Waals surface area contributed by atoms with E-state index in [0.717, 1.165) is 68.0 Å². The van der Waals surface area contributed by atoms with Crippen molar-refractivity contribution in [3.05, 3.63) is 41.6 Å². The first-order valence-corrected chi connectivity index (χ1v) is 13.7. The van der Waals surface area contributed by atoms with Crippen molar-refractivity contribution in [3.8, 4) is 11.1 Å². The predicted molar refractivity (Wildman–Crippen MR) is 150 cm³/mol. The van der Waals surface area contributed by atoms with Crippen LogP contribution in [0.5, 0.6) is 0 Å². The fourth-order valence-electron chi connectivity index (χ4n) is 4.86. The van der Waals surface area contributed by atoms with E-state index in [2.05, 4.69) is 36.7 Å². The van der Waals surface area contributed by atoms with E-state index in [1.165, 1.54) is 0 Å². The van der Waals surface area contributed by atoms with Crippen LogP contribution in [0.25, 0.3) is 16.8 Å². The molecule has 4 N–H and O–H groups in total. The average Bonchev–Trinajstić information content (AvgIpc) is 3.60. The van der Waals surface area contributed by atoms with E-state index in [1.54, 1.807) is 0 Å². The molecule has 5 rings (SSSR count). The van der Waals surface area contributed by atoms with Gasteiger partial charge in [0.2, 0.25) is 0 Å². The third-order valence-corrected chi connectivity index (χ3v) is 7.63. The van der Waals surface area contributed by atoms with Gasteiger partial charge in [-0.1, -0.05) is 32.9 Å². The molecule has 2 aliphatic rings. The number of aryl methyl sites for hydroxylation is 1. The quantitative estimate of drug-likeness (QED) is 0.334. The Morgan fingerprint density at radius 3 is 2.61 bits per heavy atom. The molecule has 1 atom stereocenters. The zero-order valence-electron chi connectivity index (χ0n) is 22.9. The lowest BCUT2D eigenvalue weighted by Gasteiger charge is -2.30. The third kappa shape index (κ3) is 5.94. The third-order valence-electron chi connectivity index (χ3n) is 7.63. The van der Waals surface area contributed by atoms with Crippen LogP contribution in [0.4, 0.5) is 11.6 Å². The van der Waals surface area contributed by atoms with Crippen molar-refractivity contribution < 1.29 is 14.6 Å². The van der Waals surface area contributed by atoms with Crippen molar-refractivity contribution in [2.75, 3.05) is 37.0 Å². The Morgan fingerprint density at radius 1 is 1.18 bits per heavy atom. The number of carbonyl (C=O) groups is 1. The van der Waals surface area contributed by atoms with E-state index in [1.807, 2.05) is 41.9 Å². The Bertz CT molecular complexity index is 1290. The molecule has 3 heterocycles. The van der Waals surface area contributed by atoms with Crippen LogP contribution in [0.3, 0.4) is 0 Å². The van der Waals surface area contributed by atoms with Gasteiger partial charge in [0.15, 0.2) is 5.65 Å². The summed E-state index contributed by atoms with van der Waals surface area (Å²) in [5.41, 5.74) is 4.01. The lowest BCUT2D eigenvalue weighted by molar-refractivity contribution is 0.0699. The molecule has 0 radical (unpaired) electrons. The van der Waals surface area contributed by atoms with Crippen molar-refractivity contribution in [2.24, 2.45) is 11.3 Å². The highest BCUT2D eigenvalue weighted by Crippen LogP contribution is 2.31. The van der Waals surface area contributed by atoms with Gasteiger partial charge in [-0.3, -0.25) is 4.79 Å². The van der Waals surface area contributed by atoms with Gasteiger partial charge >= 0.3 is 0 Å². The molecular formula is C29H40N6O3. The molecule has 0 spiro atoms. The molecule has 2 aromatic heterocycles. The first-order valence-electron chi connectivity index (χ1n) is 13.7. The van der Waals surface area contributed by atoms with Gasteiger partial charge in [-0.2, -0.15) is 9.61 Å². The maximum atomic E-state index is 12.6. The van der Waals surface area contributed by atoms with Crippen LogP contribution < -0.4 is 16.0 Å². The van der Waals surface area contributed by atoms with Crippen molar-refractivity contribution in [3.63, 3.8) is 0 Å². The number of carbonyl (C=O) groups excluding carboxylic acids is 1. The van der Waals surface area contributed by atoms with Gasteiger partial charge in [-0.25, -0.2) is 4.98 Å². The first kappa shape index (κ1) is 26.4. The maximum Gasteiger partial charge on any atom is 0.251 e. The molecule has 2 fully saturated rings. The molecule has 1 aromatic carbocycles. The van der Waals surface area contributed by atoms with Crippen LogP contribution in [0.2, 0.25) is 0 Å². The molecule has 1 aliphatic carbocycles. The molecule has 0 bridgehead atoms. The minimum Gasteiger partial charge on any atom is -0.394 e. The topological polar surface area (TPSA) is 113 Å². The number of fused-ring (bicyclic) bond motifs is 1. The van der Waals surface area contributed by atoms with E-state index in [-0.39, 0.29) is 24.0 Å². The number of nitrogens with one attached hydrogen (secondary N) is 3. The number of anilines is 2. The molecule has 9 heteroatoms. The van der Waals surface area contributed by atoms with Gasteiger partial charge in [0.25, 0.3) is 5.91 Å². The van der Waals surface area contributed by atoms with Gasteiger partial charge in [0.05, 0.1) is 18.8 Å². The summed E-state index contributed by atoms with van der Waals surface area (Å²) < 4.78 is 7.36. The summed E-state index contributed by atoms with van der Waals surface area (Å²) in [6.45, 7) is 10.7. The number of amides is 1. The summed E-state index contributed by atoms with van der Waals surface area (Å²) in [7, 11) is 0. The highest BCUT2D eigenvalue weighted by molar-refractivity contribution is 5.97. The van der Waals surface area contributed by atoms with E-state index < -0.39 is 0 Å². The van der Waals surface area contributed by atoms with Crippen molar-refractivity contribution in [1.29, 1.82) is 0 Å². The minimum atomic E-state index is -0.168. The highest BCUT2D eigenvalue weighted by Gasteiger charge is 2.26. The van der Waals surface area contributed by atoms with Gasteiger partial charge < -0.3 is 25.8 Å². The number of nitrogens with zero attached hydrogens (tertiary/aromatic N) is 3. The molecule has 1 saturated carbocycles. The number of aliphatic hydroxyl groups is 1. The zero-order chi connectivity index (χ0) is 26.9. The number of rotatable bonds is 9. The largest absolute Gasteiger partial charge is 0.394 e. The van der Waals surface area contributed by atoms with Crippen LogP contribution in [0, 0.1) is 18.3 Å². The molecular weight excluding hydrogens is 480 g/mol. The second-order valence-electron chi connectivity index (χ2n) is 11.8. The van der Waals surface area contributed by atoms with E-state index in [4.69, 9.17) is 14.8 Å². The van der Waals surface area contributed by atoms with Crippen LogP contribution in [0.1, 0.15) is 62.4 Å². The summed E-state index contributed by atoms with van der Waals surface area (Å²) in [4.78, 5) is 17.6. The fraction of sp³-hybridized carbons (Fsp3) is 0.552. The standard InChI is InChI=1S/C29H40N6O3/c1-18-13-20(5-8-22(18)28(37)32-21-6-7-21)23-16-31-35-26(30-15-19-9-11-38-12-10-19)14-25(34-27(23)35)33-24(17-36)29(2,3)4/h5,8,13-14,16,19,21,24,30,36H,6-7,9-12,15,17H2,1-4H3,(H,32,37)(H,33,34). The Hall–Kier alpha value is -3.17. The molecule has 38 heavy (non-hydrogen) atoms. The number of hydrogen-bond acceptors (Lipinski definition) is 7. The Labute approximate surface area is 224 Å². The van der Waals surface area contributed by atoms with E-state index in [9.17, 15) is 9.90 Å². The summed E-state index contributed by atoms with van der Waals surface area (Å²) >= 11 is 0. The predicted octanol–water partition coefficient (Wildman–Crippen LogP) is 4.25. The second-order valence-corrected chi connectivity index (χ2v) is 11.8. The van der Waals surface area contributed by atoms with Crippen LogP contribution in [-0.2, 0) is 4.74 Å². The van der Waals surface area contributed by atoms with Crippen LogP contribution >= 0.6 is 0 Å². The van der Waals surface area contributed by atoms with Crippen molar-refractivity contribution in [2.45, 2.75) is 65.5 Å². The Morgan fingerprint density at radius 2 is 1.95 bits per heavy atom. The van der Waals surface area contributed by atoms with E-state index >= 15 is 0 Å². The van der Waals surface area contributed by atoms with Crippen molar-refractivity contribution in [1.82, 2.24) is 19.9 Å². The van der Waals surface area contributed by atoms with Gasteiger partial charge in [-0.15, -0.1) is 0 Å². The second kappa shape index (κ2) is 10.9. The highest BCUT2D eigenvalue weighted by atomic mass is 16.5. The van der Waals surface area contributed by atoms with Gasteiger partial charge in [0, 0.05) is 43.0 Å². The SMILES string of the molecule is Cc1cc(-c2cnn3c(NCC4CCOCC4)cc(NC(CO)C(C)(C)C)nc23)ccc1C(=O)NC1CC1. The van der Waals surface area contributed by atoms with Crippen molar-refractivity contribution >= 4 is 23.2 Å². The summed E-state index contributed by atoms with van der Waals surface area (Å²) in [5.74, 6) is 2.05. The Balaban J connectivity index is 1.49. The molecule has 1 amide bonds. The normalized spacial score (nSPS) is 17.4.